The summed E-state index contributed by atoms with van der Waals surface area (Å²) in [6.45, 7) is 12.9. The average Bonchev–Trinajstić information content (AvgIpc) is 2.25. The van der Waals surface area contributed by atoms with Gasteiger partial charge in [0.25, 0.3) is 0 Å². The van der Waals surface area contributed by atoms with Crippen LogP contribution in [0, 0.1) is 23.7 Å². The van der Waals surface area contributed by atoms with Crippen molar-refractivity contribution in [2.45, 2.75) is 66.3 Å². The normalized spacial score (nSPS) is 31.3. The molecule has 1 fully saturated rings. The van der Waals surface area contributed by atoms with Gasteiger partial charge < -0.3 is 5.32 Å². The molecule has 3 unspecified atom stereocenters. The zero-order valence-corrected chi connectivity index (χ0v) is 11.9. The lowest BCUT2D eigenvalue weighted by atomic mass is 9.69. The van der Waals surface area contributed by atoms with E-state index in [4.69, 9.17) is 0 Å². The van der Waals surface area contributed by atoms with Crippen LogP contribution in [-0.2, 0) is 0 Å². The number of hydrogen-bond donors (Lipinski definition) is 1. The summed E-state index contributed by atoms with van der Waals surface area (Å²) in [6, 6.07) is 0.636. The average molecular weight is 225 g/mol. The standard InChI is InChI=1S/C15H31N/c1-6-13-7-8-14(10-16-12(4)5)15(9-13)11(2)3/h11-16H,6-10H2,1-5H3. The topological polar surface area (TPSA) is 12.0 Å². The van der Waals surface area contributed by atoms with E-state index in [-0.39, 0.29) is 0 Å². The van der Waals surface area contributed by atoms with Gasteiger partial charge >= 0.3 is 0 Å². The summed E-state index contributed by atoms with van der Waals surface area (Å²) in [4.78, 5) is 0. The molecule has 1 nitrogen and oxygen atoms in total. The Hall–Kier alpha value is -0.0400. The van der Waals surface area contributed by atoms with Crippen LogP contribution in [0.5, 0.6) is 0 Å². The van der Waals surface area contributed by atoms with Crippen molar-refractivity contribution in [2.75, 3.05) is 6.54 Å². The van der Waals surface area contributed by atoms with E-state index in [1.165, 1.54) is 32.2 Å². The molecule has 1 saturated carbocycles. The summed E-state index contributed by atoms with van der Waals surface area (Å²) in [5, 5.41) is 3.63. The fourth-order valence-corrected chi connectivity index (χ4v) is 3.19. The van der Waals surface area contributed by atoms with Gasteiger partial charge in [-0.2, -0.15) is 0 Å². The molecule has 0 amide bonds. The van der Waals surface area contributed by atoms with Crippen molar-refractivity contribution in [3.05, 3.63) is 0 Å². The zero-order chi connectivity index (χ0) is 12.1. The van der Waals surface area contributed by atoms with Crippen molar-refractivity contribution in [3.63, 3.8) is 0 Å². The van der Waals surface area contributed by atoms with Crippen molar-refractivity contribution in [2.24, 2.45) is 23.7 Å². The third-order valence-corrected chi connectivity index (χ3v) is 4.38. The van der Waals surface area contributed by atoms with Gasteiger partial charge in [0.1, 0.15) is 0 Å². The summed E-state index contributed by atoms with van der Waals surface area (Å²) in [5.41, 5.74) is 0. The van der Waals surface area contributed by atoms with Crippen LogP contribution in [-0.4, -0.2) is 12.6 Å². The van der Waals surface area contributed by atoms with E-state index < -0.39 is 0 Å². The quantitative estimate of drug-likeness (QED) is 0.743. The largest absolute Gasteiger partial charge is 0.314 e. The van der Waals surface area contributed by atoms with Crippen molar-refractivity contribution >= 4 is 0 Å². The predicted octanol–water partition coefficient (Wildman–Crippen LogP) is 4.08. The molecule has 0 spiro atoms. The van der Waals surface area contributed by atoms with E-state index in [1.54, 1.807) is 0 Å². The lowest BCUT2D eigenvalue weighted by Gasteiger charge is -2.39. The first-order chi connectivity index (χ1) is 7.54. The molecule has 1 aliphatic rings. The summed E-state index contributed by atoms with van der Waals surface area (Å²) in [6.07, 6.45) is 5.76. The number of rotatable bonds is 5. The van der Waals surface area contributed by atoms with Gasteiger partial charge in [-0.25, -0.2) is 0 Å². The van der Waals surface area contributed by atoms with E-state index in [1.807, 2.05) is 0 Å². The Bertz CT molecular complexity index is 186. The van der Waals surface area contributed by atoms with Crippen LogP contribution < -0.4 is 5.32 Å². The first kappa shape index (κ1) is 14.0. The Labute approximate surface area is 102 Å². The SMILES string of the molecule is CCC1CCC(CNC(C)C)C(C(C)C)C1. The lowest BCUT2D eigenvalue weighted by molar-refractivity contribution is 0.129. The Balaban J connectivity index is 2.48. The maximum absolute atomic E-state index is 3.63. The van der Waals surface area contributed by atoms with Crippen LogP contribution in [0.4, 0.5) is 0 Å². The van der Waals surface area contributed by atoms with E-state index in [2.05, 4.69) is 39.9 Å². The van der Waals surface area contributed by atoms with E-state index >= 15 is 0 Å². The molecule has 0 aliphatic heterocycles. The molecule has 1 heteroatoms. The number of nitrogens with one attached hydrogen (secondary N) is 1. The fourth-order valence-electron chi connectivity index (χ4n) is 3.19. The molecule has 1 aliphatic carbocycles. The third kappa shape index (κ3) is 4.08. The van der Waals surface area contributed by atoms with Crippen LogP contribution in [0.3, 0.4) is 0 Å². The molecule has 0 aromatic rings. The Morgan fingerprint density at radius 3 is 2.31 bits per heavy atom. The maximum atomic E-state index is 3.63. The van der Waals surface area contributed by atoms with Crippen molar-refractivity contribution < 1.29 is 0 Å². The van der Waals surface area contributed by atoms with Crippen molar-refractivity contribution in [1.29, 1.82) is 0 Å². The monoisotopic (exact) mass is 225 g/mol. The van der Waals surface area contributed by atoms with E-state index in [0.29, 0.717) is 6.04 Å². The highest BCUT2D eigenvalue weighted by Crippen LogP contribution is 2.39. The molecule has 3 atom stereocenters. The van der Waals surface area contributed by atoms with Gasteiger partial charge in [-0.1, -0.05) is 47.5 Å². The summed E-state index contributed by atoms with van der Waals surface area (Å²) >= 11 is 0. The fraction of sp³-hybridized carbons (Fsp3) is 1.00. The van der Waals surface area contributed by atoms with Gasteiger partial charge in [-0.15, -0.1) is 0 Å². The maximum Gasteiger partial charge on any atom is 0.00104 e. The van der Waals surface area contributed by atoms with Gasteiger partial charge in [0.2, 0.25) is 0 Å². The van der Waals surface area contributed by atoms with Gasteiger partial charge in [-0.05, 0) is 43.1 Å². The minimum Gasteiger partial charge on any atom is -0.314 e. The number of hydrogen-bond acceptors (Lipinski definition) is 1. The second-order valence-electron chi connectivity index (χ2n) is 6.32. The summed E-state index contributed by atoms with van der Waals surface area (Å²) in [7, 11) is 0. The predicted molar refractivity (Wildman–Crippen MR) is 72.6 cm³/mol. The second kappa shape index (κ2) is 6.64. The minimum atomic E-state index is 0.636. The van der Waals surface area contributed by atoms with Gasteiger partial charge in [0.15, 0.2) is 0 Å². The molecule has 0 aromatic carbocycles. The molecule has 0 radical (unpaired) electrons. The highest BCUT2D eigenvalue weighted by atomic mass is 14.9. The van der Waals surface area contributed by atoms with Crippen LogP contribution in [0.1, 0.15) is 60.3 Å². The minimum absolute atomic E-state index is 0.636. The lowest BCUT2D eigenvalue weighted by Crippen LogP contribution is -2.37. The Kier molecular flexibility index (Phi) is 5.82. The van der Waals surface area contributed by atoms with Gasteiger partial charge in [0, 0.05) is 6.04 Å². The van der Waals surface area contributed by atoms with Crippen LogP contribution in [0.25, 0.3) is 0 Å². The molecule has 0 aromatic heterocycles. The zero-order valence-electron chi connectivity index (χ0n) is 11.9. The smallest absolute Gasteiger partial charge is 0.00104 e. The summed E-state index contributed by atoms with van der Waals surface area (Å²) in [5.74, 6) is 3.73. The highest BCUT2D eigenvalue weighted by Gasteiger charge is 2.31. The molecule has 0 saturated heterocycles. The van der Waals surface area contributed by atoms with Crippen molar-refractivity contribution in [1.82, 2.24) is 5.32 Å². The summed E-state index contributed by atoms with van der Waals surface area (Å²) < 4.78 is 0. The molecule has 0 bridgehead atoms. The first-order valence-electron chi connectivity index (χ1n) is 7.27. The molecular weight excluding hydrogens is 194 g/mol. The molecule has 0 heterocycles. The molecular formula is C15H31N. The van der Waals surface area contributed by atoms with Gasteiger partial charge in [0.05, 0.1) is 0 Å². The van der Waals surface area contributed by atoms with Crippen LogP contribution in [0.15, 0.2) is 0 Å². The third-order valence-electron chi connectivity index (χ3n) is 4.38. The molecule has 96 valence electrons. The highest BCUT2D eigenvalue weighted by molar-refractivity contribution is 4.83. The van der Waals surface area contributed by atoms with E-state index in [9.17, 15) is 0 Å². The van der Waals surface area contributed by atoms with Crippen molar-refractivity contribution in [3.8, 4) is 0 Å². The first-order valence-corrected chi connectivity index (χ1v) is 7.27. The second-order valence-corrected chi connectivity index (χ2v) is 6.32. The molecule has 1 rings (SSSR count). The molecule has 16 heavy (non-hydrogen) atoms. The van der Waals surface area contributed by atoms with Crippen LogP contribution >= 0.6 is 0 Å². The molecule has 1 N–H and O–H groups in total. The van der Waals surface area contributed by atoms with Crippen LogP contribution in [0.2, 0.25) is 0 Å². The Morgan fingerprint density at radius 1 is 1.12 bits per heavy atom. The van der Waals surface area contributed by atoms with E-state index in [0.717, 1.165) is 23.7 Å². The Morgan fingerprint density at radius 2 is 1.81 bits per heavy atom. The van der Waals surface area contributed by atoms with Gasteiger partial charge in [-0.3, -0.25) is 0 Å².